The lowest BCUT2D eigenvalue weighted by Crippen LogP contribution is -2.37. The minimum absolute atomic E-state index is 0.0659. The maximum absolute atomic E-state index is 12.8. The van der Waals surface area contributed by atoms with Crippen LogP contribution in [0.3, 0.4) is 0 Å². The van der Waals surface area contributed by atoms with Crippen molar-refractivity contribution in [3.05, 3.63) is 52.8 Å². The minimum Gasteiger partial charge on any atom is -0.356 e. The normalized spacial score (nSPS) is 15.9. The van der Waals surface area contributed by atoms with Crippen molar-refractivity contribution in [2.24, 2.45) is 5.92 Å². The third-order valence-electron chi connectivity index (χ3n) is 4.89. The zero-order chi connectivity index (χ0) is 19.7. The lowest BCUT2D eigenvalue weighted by atomic mass is 9.96. The van der Waals surface area contributed by atoms with E-state index in [1.165, 1.54) is 6.33 Å². The second kappa shape index (κ2) is 7.17. The fourth-order valence-electron chi connectivity index (χ4n) is 3.44. The van der Waals surface area contributed by atoms with Gasteiger partial charge in [-0.05, 0) is 37.0 Å². The first kappa shape index (κ1) is 18.3. The maximum atomic E-state index is 12.8. The first-order chi connectivity index (χ1) is 13.4. The average molecular weight is 390 g/mol. The van der Waals surface area contributed by atoms with Crippen LogP contribution >= 0.6 is 0 Å². The highest BCUT2D eigenvalue weighted by atomic mass is 19.4. The molecule has 3 aromatic heterocycles. The van der Waals surface area contributed by atoms with Gasteiger partial charge in [0.15, 0.2) is 11.3 Å². The van der Waals surface area contributed by atoms with Gasteiger partial charge in [-0.15, -0.1) is 0 Å². The van der Waals surface area contributed by atoms with E-state index in [0.29, 0.717) is 18.7 Å². The van der Waals surface area contributed by atoms with Gasteiger partial charge >= 0.3 is 6.18 Å². The van der Waals surface area contributed by atoms with Gasteiger partial charge in [0.2, 0.25) is 0 Å². The van der Waals surface area contributed by atoms with Gasteiger partial charge in [-0.2, -0.15) is 18.3 Å². The molecule has 0 atom stereocenters. The molecule has 1 fully saturated rings. The number of rotatable bonds is 3. The summed E-state index contributed by atoms with van der Waals surface area (Å²) in [6.07, 6.45) is 0.0151. The fraction of sp³-hybridized carbons (Fsp3) is 0.389. The highest BCUT2D eigenvalue weighted by molar-refractivity contribution is 5.86. The summed E-state index contributed by atoms with van der Waals surface area (Å²) in [5.74, 6) is 0.863. The zero-order valence-corrected chi connectivity index (χ0v) is 14.8. The SMILES string of the molecule is O=c1ccc(C(F)(F)F)nn1CC1CCN(c2ncnc3ncccc23)CC1. The molecule has 146 valence electrons. The largest absolute Gasteiger partial charge is 0.435 e. The van der Waals surface area contributed by atoms with Gasteiger partial charge < -0.3 is 4.90 Å². The molecule has 1 saturated heterocycles. The van der Waals surface area contributed by atoms with Gasteiger partial charge in [-0.3, -0.25) is 4.79 Å². The highest BCUT2D eigenvalue weighted by Gasteiger charge is 2.33. The third-order valence-corrected chi connectivity index (χ3v) is 4.89. The van der Waals surface area contributed by atoms with Gasteiger partial charge in [0.05, 0.1) is 5.39 Å². The topological polar surface area (TPSA) is 76.8 Å². The van der Waals surface area contributed by atoms with Crippen molar-refractivity contribution in [2.75, 3.05) is 18.0 Å². The van der Waals surface area contributed by atoms with Gasteiger partial charge in [-0.25, -0.2) is 19.6 Å². The van der Waals surface area contributed by atoms with E-state index >= 15 is 0 Å². The van der Waals surface area contributed by atoms with Gasteiger partial charge in [0.1, 0.15) is 12.1 Å². The Kier molecular flexibility index (Phi) is 4.70. The Hall–Kier alpha value is -3.04. The molecule has 0 saturated carbocycles. The van der Waals surface area contributed by atoms with Crippen LogP contribution in [0.5, 0.6) is 0 Å². The monoisotopic (exact) mass is 390 g/mol. The number of anilines is 1. The third kappa shape index (κ3) is 3.67. The van der Waals surface area contributed by atoms with Crippen LogP contribution in [0.25, 0.3) is 11.0 Å². The molecule has 1 aliphatic rings. The predicted molar refractivity (Wildman–Crippen MR) is 95.8 cm³/mol. The zero-order valence-electron chi connectivity index (χ0n) is 14.8. The van der Waals surface area contributed by atoms with Crippen molar-refractivity contribution < 1.29 is 13.2 Å². The molecule has 7 nitrogen and oxygen atoms in total. The van der Waals surface area contributed by atoms with Crippen LogP contribution in [-0.4, -0.2) is 37.8 Å². The molecule has 4 rings (SSSR count). The van der Waals surface area contributed by atoms with Crippen molar-refractivity contribution in [1.29, 1.82) is 0 Å². The number of halogens is 3. The Morgan fingerprint density at radius 2 is 1.86 bits per heavy atom. The summed E-state index contributed by atoms with van der Waals surface area (Å²) < 4.78 is 39.5. The second-order valence-corrected chi connectivity index (χ2v) is 6.74. The molecule has 0 N–H and O–H groups in total. The number of piperidine rings is 1. The van der Waals surface area contributed by atoms with E-state index in [4.69, 9.17) is 0 Å². The van der Waals surface area contributed by atoms with Crippen LogP contribution in [-0.2, 0) is 12.7 Å². The Bertz CT molecular complexity index is 1040. The number of pyridine rings is 1. The summed E-state index contributed by atoms with van der Waals surface area (Å²) in [4.78, 5) is 26.8. The smallest absolute Gasteiger partial charge is 0.356 e. The van der Waals surface area contributed by atoms with Crippen molar-refractivity contribution in [1.82, 2.24) is 24.7 Å². The Labute approximate surface area is 157 Å². The van der Waals surface area contributed by atoms with E-state index in [2.05, 4.69) is 25.0 Å². The number of aromatic nitrogens is 5. The standard InChI is InChI=1S/C18H17F3N6O/c19-18(20,21)14-3-4-15(28)27(25-14)10-12-5-8-26(9-6-12)17-13-2-1-7-22-16(13)23-11-24-17/h1-4,7,11-12H,5-6,8-10H2. The van der Waals surface area contributed by atoms with Crippen LogP contribution in [0.2, 0.25) is 0 Å². The lowest BCUT2D eigenvalue weighted by molar-refractivity contribution is -0.142. The molecule has 0 amide bonds. The molecule has 28 heavy (non-hydrogen) atoms. The molecule has 0 spiro atoms. The molecule has 0 bridgehead atoms. The van der Waals surface area contributed by atoms with E-state index in [1.807, 2.05) is 12.1 Å². The Morgan fingerprint density at radius 1 is 1.07 bits per heavy atom. The van der Waals surface area contributed by atoms with E-state index in [0.717, 1.165) is 40.9 Å². The van der Waals surface area contributed by atoms with E-state index in [9.17, 15) is 18.0 Å². The first-order valence-corrected chi connectivity index (χ1v) is 8.88. The molecule has 4 heterocycles. The number of nitrogens with zero attached hydrogens (tertiary/aromatic N) is 6. The van der Waals surface area contributed by atoms with Crippen LogP contribution in [0.15, 0.2) is 41.6 Å². The summed E-state index contributed by atoms with van der Waals surface area (Å²) in [7, 11) is 0. The molecule has 0 aliphatic carbocycles. The quantitative estimate of drug-likeness (QED) is 0.684. The highest BCUT2D eigenvalue weighted by Crippen LogP contribution is 2.28. The van der Waals surface area contributed by atoms with E-state index in [1.54, 1.807) is 6.20 Å². The molecule has 0 unspecified atom stereocenters. The van der Waals surface area contributed by atoms with Crippen molar-refractivity contribution in [2.45, 2.75) is 25.6 Å². The summed E-state index contributed by atoms with van der Waals surface area (Å²) in [6, 6.07) is 5.38. The molecule has 10 heteroatoms. The van der Waals surface area contributed by atoms with Crippen LogP contribution in [0.1, 0.15) is 18.5 Å². The Morgan fingerprint density at radius 3 is 2.61 bits per heavy atom. The summed E-state index contributed by atoms with van der Waals surface area (Å²) in [5, 5.41) is 4.35. The average Bonchev–Trinajstić information content (AvgIpc) is 2.69. The Balaban J connectivity index is 1.47. The van der Waals surface area contributed by atoms with Crippen molar-refractivity contribution in [3.63, 3.8) is 0 Å². The van der Waals surface area contributed by atoms with Crippen molar-refractivity contribution >= 4 is 16.9 Å². The lowest BCUT2D eigenvalue weighted by Gasteiger charge is -2.33. The summed E-state index contributed by atoms with van der Waals surface area (Å²) >= 11 is 0. The fourth-order valence-corrected chi connectivity index (χ4v) is 3.44. The maximum Gasteiger partial charge on any atom is 0.435 e. The molecular formula is C18H17F3N6O. The van der Waals surface area contributed by atoms with Crippen molar-refractivity contribution in [3.8, 4) is 0 Å². The van der Waals surface area contributed by atoms with Gasteiger partial charge in [0.25, 0.3) is 5.56 Å². The van der Waals surface area contributed by atoms with Gasteiger partial charge in [-0.1, -0.05) is 0 Å². The number of hydrogen-bond donors (Lipinski definition) is 0. The van der Waals surface area contributed by atoms with Crippen LogP contribution in [0, 0.1) is 5.92 Å². The molecular weight excluding hydrogens is 373 g/mol. The number of alkyl halides is 3. The number of hydrogen-bond acceptors (Lipinski definition) is 6. The first-order valence-electron chi connectivity index (χ1n) is 8.88. The van der Waals surface area contributed by atoms with E-state index in [-0.39, 0.29) is 12.5 Å². The molecule has 1 aliphatic heterocycles. The van der Waals surface area contributed by atoms with Crippen LogP contribution in [0.4, 0.5) is 19.0 Å². The predicted octanol–water partition coefficient (Wildman–Crippen LogP) is 2.52. The molecule has 0 aromatic carbocycles. The number of fused-ring (bicyclic) bond motifs is 1. The minimum atomic E-state index is -4.57. The second-order valence-electron chi connectivity index (χ2n) is 6.74. The molecule has 3 aromatic rings. The molecule has 0 radical (unpaired) electrons. The van der Waals surface area contributed by atoms with Gasteiger partial charge in [0, 0.05) is 31.9 Å². The summed E-state index contributed by atoms with van der Waals surface area (Å²) in [6.45, 7) is 1.53. The van der Waals surface area contributed by atoms with E-state index < -0.39 is 17.4 Å². The summed E-state index contributed by atoms with van der Waals surface area (Å²) in [5.41, 5.74) is -0.956. The van der Waals surface area contributed by atoms with Crippen LogP contribution < -0.4 is 10.5 Å².